The van der Waals surface area contributed by atoms with Crippen molar-refractivity contribution < 1.29 is 19.5 Å². The Morgan fingerprint density at radius 2 is 2.07 bits per heavy atom. The number of rotatable bonds is 6. The summed E-state index contributed by atoms with van der Waals surface area (Å²) in [5.74, 6) is -0.768. The molecule has 3 aliphatic heterocycles. The molecule has 2 unspecified atom stereocenters. The van der Waals surface area contributed by atoms with Gasteiger partial charge in [0.2, 0.25) is 11.8 Å². The Hall–Kier alpha value is -2.29. The maximum absolute atomic E-state index is 13.1. The van der Waals surface area contributed by atoms with Crippen molar-refractivity contribution in [3.8, 4) is 0 Å². The van der Waals surface area contributed by atoms with Crippen LogP contribution in [0.5, 0.6) is 0 Å². The van der Waals surface area contributed by atoms with Crippen molar-refractivity contribution in [2.45, 2.75) is 44.4 Å². The van der Waals surface area contributed by atoms with Gasteiger partial charge in [0.05, 0.1) is 6.61 Å². The second-order valence-electron chi connectivity index (χ2n) is 7.75. The van der Waals surface area contributed by atoms with Gasteiger partial charge in [0, 0.05) is 50.7 Å². The van der Waals surface area contributed by atoms with E-state index in [1.54, 1.807) is 4.90 Å². The van der Waals surface area contributed by atoms with Gasteiger partial charge in [0.1, 0.15) is 6.04 Å². The quantitative estimate of drug-likeness (QED) is 0.576. The molecule has 3 amide bonds. The van der Waals surface area contributed by atoms with Gasteiger partial charge in [0.15, 0.2) is 0 Å². The summed E-state index contributed by atoms with van der Waals surface area (Å²) in [6.45, 7) is 3.66. The zero-order valence-electron chi connectivity index (χ0n) is 15.8. The van der Waals surface area contributed by atoms with E-state index >= 15 is 0 Å². The lowest BCUT2D eigenvalue weighted by Crippen LogP contribution is -2.52. The lowest BCUT2D eigenvalue weighted by molar-refractivity contribution is -0.136. The molecule has 8 nitrogen and oxygen atoms in total. The highest BCUT2D eigenvalue weighted by molar-refractivity contribution is 6.05. The van der Waals surface area contributed by atoms with E-state index in [1.165, 1.54) is 0 Å². The van der Waals surface area contributed by atoms with Gasteiger partial charge in [-0.25, -0.2) is 0 Å². The van der Waals surface area contributed by atoms with E-state index in [4.69, 9.17) is 5.11 Å². The van der Waals surface area contributed by atoms with Crippen LogP contribution in [0.15, 0.2) is 18.2 Å². The molecule has 2 fully saturated rings. The van der Waals surface area contributed by atoms with Crippen molar-refractivity contribution in [2.75, 3.05) is 26.2 Å². The molecule has 0 aromatic heterocycles. The molecule has 3 aliphatic rings. The third-order valence-corrected chi connectivity index (χ3v) is 5.85. The van der Waals surface area contributed by atoms with Gasteiger partial charge in [-0.15, -0.1) is 0 Å². The average molecular weight is 386 g/mol. The number of imide groups is 1. The summed E-state index contributed by atoms with van der Waals surface area (Å²) in [5.41, 5.74) is 2.64. The second kappa shape index (κ2) is 7.98. The number of aliphatic hydroxyl groups excluding tert-OH is 1. The molecule has 0 radical (unpaired) electrons. The van der Waals surface area contributed by atoms with Gasteiger partial charge in [-0.1, -0.05) is 18.2 Å². The molecule has 0 spiro atoms. The van der Waals surface area contributed by atoms with E-state index in [2.05, 4.69) is 15.5 Å². The molecule has 0 aliphatic carbocycles. The number of piperidine rings is 1. The van der Waals surface area contributed by atoms with Gasteiger partial charge >= 0.3 is 0 Å². The number of nitrogens with one attached hydrogen (secondary N) is 2. The minimum absolute atomic E-state index is 0.116. The molecular weight excluding hydrogens is 360 g/mol. The number of hydrogen-bond acceptors (Lipinski definition) is 6. The molecule has 2 saturated heterocycles. The molecule has 28 heavy (non-hydrogen) atoms. The van der Waals surface area contributed by atoms with Gasteiger partial charge < -0.3 is 15.3 Å². The number of nitrogens with zero attached hydrogens (tertiary/aromatic N) is 2. The Morgan fingerprint density at radius 3 is 2.86 bits per heavy atom. The summed E-state index contributed by atoms with van der Waals surface area (Å²) < 4.78 is 0. The van der Waals surface area contributed by atoms with Crippen LogP contribution in [0, 0.1) is 0 Å². The van der Waals surface area contributed by atoms with Crippen LogP contribution in [-0.2, 0) is 22.7 Å². The number of aliphatic hydroxyl groups is 1. The van der Waals surface area contributed by atoms with Gasteiger partial charge in [-0.05, 0) is 24.0 Å². The van der Waals surface area contributed by atoms with Crippen LogP contribution in [0.25, 0.3) is 0 Å². The lowest BCUT2D eigenvalue weighted by Gasteiger charge is -2.29. The minimum atomic E-state index is -0.579. The minimum Gasteiger partial charge on any atom is -0.395 e. The van der Waals surface area contributed by atoms with Crippen molar-refractivity contribution in [2.24, 2.45) is 0 Å². The fourth-order valence-electron chi connectivity index (χ4n) is 4.47. The molecule has 0 saturated carbocycles. The predicted molar refractivity (Wildman–Crippen MR) is 101 cm³/mol. The van der Waals surface area contributed by atoms with E-state index in [0.29, 0.717) is 37.7 Å². The molecule has 2 atom stereocenters. The van der Waals surface area contributed by atoms with E-state index in [0.717, 1.165) is 30.6 Å². The highest BCUT2D eigenvalue weighted by Crippen LogP contribution is 2.30. The normalized spacial score (nSPS) is 25.3. The molecule has 3 N–H and O–H groups in total. The highest BCUT2D eigenvalue weighted by Gasteiger charge is 2.40. The van der Waals surface area contributed by atoms with E-state index in [-0.39, 0.29) is 30.7 Å². The molecule has 0 bridgehead atoms. The largest absolute Gasteiger partial charge is 0.395 e. The number of carbonyl (C=O) groups is 3. The third-order valence-electron chi connectivity index (χ3n) is 5.85. The molecule has 8 heteroatoms. The third kappa shape index (κ3) is 3.67. The molecule has 1 aromatic carbocycles. The maximum atomic E-state index is 13.1. The number of fused-ring (bicyclic) bond motifs is 1. The van der Waals surface area contributed by atoms with Crippen LogP contribution >= 0.6 is 0 Å². The Morgan fingerprint density at radius 1 is 1.21 bits per heavy atom. The Kier molecular flexibility index (Phi) is 5.43. The van der Waals surface area contributed by atoms with Gasteiger partial charge in [-0.3, -0.25) is 24.6 Å². The summed E-state index contributed by atoms with van der Waals surface area (Å²) in [6.07, 6.45) is 1.66. The SMILES string of the molecule is O=C1CCC(N2Cc3cccc(CN4CCC(NCCO)C4)c3C2=O)C(=O)N1. The Bertz CT molecular complexity index is 796. The fourth-order valence-corrected chi connectivity index (χ4v) is 4.47. The first-order valence-corrected chi connectivity index (χ1v) is 9.89. The first-order valence-electron chi connectivity index (χ1n) is 9.89. The zero-order valence-corrected chi connectivity index (χ0v) is 15.8. The van der Waals surface area contributed by atoms with Crippen LogP contribution in [0.2, 0.25) is 0 Å². The number of hydrogen-bond donors (Lipinski definition) is 3. The van der Waals surface area contributed by atoms with Crippen molar-refractivity contribution in [3.63, 3.8) is 0 Å². The van der Waals surface area contributed by atoms with Crippen LogP contribution in [0.1, 0.15) is 40.7 Å². The van der Waals surface area contributed by atoms with Crippen molar-refractivity contribution in [1.82, 2.24) is 20.4 Å². The number of amides is 3. The topological polar surface area (TPSA) is 102 Å². The number of benzene rings is 1. The highest BCUT2D eigenvalue weighted by atomic mass is 16.3. The Balaban J connectivity index is 1.47. The van der Waals surface area contributed by atoms with Crippen LogP contribution in [0.4, 0.5) is 0 Å². The average Bonchev–Trinajstić information content (AvgIpc) is 3.25. The number of likely N-dealkylation sites (tertiary alicyclic amines) is 1. The maximum Gasteiger partial charge on any atom is 0.255 e. The fraction of sp³-hybridized carbons (Fsp3) is 0.550. The standard InChI is InChI=1S/C20H26N4O4/c25-9-7-21-15-6-8-23(12-15)10-13-2-1-3-14-11-24(20(28)18(13)14)16-4-5-17(26)22-19(16)27/h1-3,15-16,21,25H,4-12H2,(H,22,26,27). The van der Waals surface area contributed by atoms with E-state index in [9.17, 15) is 14.4 Å². The summed E-state index contributed by atoms with van der Waals surface area (Å²) in [5, 5.41) is 14.6. The molecule has 1 aromatic rings. The van der Waals surface area contributed by atoms with Crippen molar-refractivity contribution in [3.05, 3.63) is 34.9 Å². The van der Waals surface area contributed by atoms with Crippen LogP contribution < -0.4 is 10.6 Å². The smallest absolute Gasteiger partial charge is 0.255 e. The first kappa shape index (κ1) is 19.0. The summed E-state index contributed by atoms with van der Waals surface area (Å²) in [6, 6.07) is 5.67. The van der Waals surface area contributed by atoms with E-state index < -0.39 is 6.04 Å². The first-order chi connectivity index (χ1) is 13.6. The molecule has 4 rings (SSSR count). The molecule has 150 valence electrons. The van der Waals surface area contributed by atoms with Crippen molar-refractivity contribution >= 4 is 17.7 Å². The molecule has 3 heterocycles. The van der Waals surface area contributed by atoms with Crippen molar-refractivity contribution in [1.29, 1.82) is 0 Å². The summed E-state index contributed by atoms with van der Waals surface area (Å²) >= 11 is 0. The van der Waals surface area contributed by atoms with Gasteiger partial charge in [0.25, 0.3) is 5.91 Å². The second-order valence-corrected chi connectivity index (χ2v) is 7.75. The Labute approximate surface area is 163 Å². The van der Waals surface area contributed by atoms with Crippen LogP contribution in [-0.4, -0.2) is 71.0 Å². The van der Waals surface area contributed by atoms with E-state index in [1.807, 2.05) is 18.2 Å². The zero-order chi connectivity index (χ0) is 19.7. The summed E-state index contributed by atoms with van der Waals surface area (Å²) in [4.78, 5) is 40.7. The monoisotopic (exact) mass is 386 g/mol. The number of carbonyl (C=O) groups excluding carboxylic acids is 3. The molecular formula is C20H26N4O4. The lowest BCUT2D eigenvalue weighted by atomic mass is 10.0. The predicted octanol–water partition coefficient (Wildman–Crippen LogP) is -0.396. The summed E-state index contributed by atoms with van der Waals surface area (Å²) in [7, 11) is 0. The van der Waals surface area contributed by atoms with Gasteiger partial charge in [-0.2, -0.15) is 0 Å². The van der Waals surface area contributed by atoms with Crippen LogP contribution in [0.3, 0.4) is 0 Å².